The Hall–Kier alpha value is -3.40. The average Bonchev–Trinajstić information content (AvgIpc) is 2.75. The quantitative estimate of drug-likeness (QED) is 0.423. The largest absolute Gasteiger partial charge is 0.545 e. The summed E-state index contributed by atoms with van der Waals surface area (Å²) < 4.78 is 28.4. The van der Waals surface area contributed by atoms with Gasteiger partial charge in [-0.05, 0) is 48.0 Å². The van der Waals surface area contributed by atoms with Crippen molar-refractivity contribution in [3.63, 3.8) is 0 Å². The van der Waals surface area contributed by atoms with Gasteiger partial charge in [0.1, 0.15) is 4.90 Å². The lowest BCUT2D eigenvalue weighted by molar-refractivity contribution is -0.255. The third-order valence-corrected chi connectivity index (χ3v) is 6.40. The van der Waals surface area contributed by atoms with E-state index in [0.717, 1.165) is 0 Å². The number of aromatic nitrogens is 2. The van der Waals surface area contributed by atoms with Gasteiger partial charge in [0.25, 0.3) is 10.0 Å². The van der Waals surface area contributed by atoms with Gasteiger partial charge in [0.2, 0.25) is 0 Å². The van der Waals surface area contributed by atoms with E-state index in [1.165, 1.54) is 36.4 Å². The molecule has 0 aliphatic carbocycles. The Morgan fingerprint density at radius 2 is 1.56 bits per heavy atom. The molecule has 0 saturated carbocycles. The van der Waals surface area contributed by atoms with Gasteiger partial charge in [0.15, 0.2) is 11.6 Å². The number of carbonyl (C=O) groups excluding carboxylic acids is 1. The van der Waals surface area contributed by atoms with Crippen LogP contribution in [0.3, 0.4) is 0 Å². The number of nitrogens with zero attached hydrogens (tertiary/aromatic N) is 2. The summed E-state index contributed by atoms with van der Waals surface area (Å²) in [4.78, 5) is 19.8. The lowest BCUT2D eigenvalue weighted by atomic mass is 10.2. The van der Waals surface area contributed by atoms with Crippen molar-refractivity contribution >= 4 is 67.6 Å². The van der Waals surface area contributed by atoms with Crippen LogP contribution in [-0.4, -0.2) is 24.4 Å². The lowest BCUT2D eigenvalue weighted by Crippen LogP contribution is -2.22. The number of carboxylic acids is 1. The van der Waals surface area contributed by atoms with Crippen molar-refractivity contribution in [2.75, 3.05) is 10.0 Å². The first-order chi connectivity index (χ1) is 15.2. The molecule has 32 heavy (non-hydrogen) atoms. The van der Waals surface area contributed by atoms with Gasteiger partial charge < -0.3 is 15.2 Å². The number of sulfonamides is 1. The molecule has 3 aromatic carbocycles. The summed E-state index contributed by atoms with van der Waals surface area (Å²) in [5.41, 5.74) is 1.22. The normalized spacial score (nSPS) is 11.3. The number of hydrogen-bond donors (Lipinski definition) is 2. The van der Waals surface area contributed by atoms with E-state index in [4.69, 9.17) is 23.2 Å². The maximum absolute atomic E-state index is 13.0. The maximum atomic E-state index is 13.0. The molecule has 4 aromatic rings. The molecule has 4 rings (SSSR count). The molecule has 0 spiro atoms. The lowest BCUT2D eigenvalue weighted by Gasteiger charge is -2.15. The Labute approximate surface area is 192 Å². The van der Waals surface area contributed by atoms with Crippen LogP contribution in [0.15, 0.2) is 71.6 Å². The highest BCUT2D eigenvalue weighted by Gasteiger charge is 2.22. The Balaban J connectivity index is 1.80. The molecule has 162 valence electrons. The minimum Gasteiger partial charge on any atom is -0.545 e. The Morgan fingerprint density at radius 1 is 0.875 bits per heavy atom. The second kappa shape index (κ2) is 8.62. The summed E-state index contributed by atoms with van der Waals surface area (Å²) in [6, 6.07) is 16.7. The fraction of sp³-hybridized carbons (Fsp3) is 0. The van der Waals surface area contributed by atoms with Crippen LogP contribution in [-0.2, 0) is 10.0 Å². The monoisotopic (exact) mass is 487 g/mol. The standard InChI is InChI=1S/C21H14Cl2N4O4S/c22-13-8-9-15(23)18(11-13)32(30,31)27-20-19(25-16-6-1-2-7-17(16)26-20)24-14-5-3-4-12(10-14)21(28)29/h1-11H,(H,24,25)(H,26,27)(H,28,29)/p-1. The molecule has 2 N–H and O–H groups in total. The molecule has 8 nitrogen and oxygen atoms in total. The Morgan fingerprint density at radius 3 is 2.25 bits per heavy atom. The van der Waals surface area contributed by atoms with Crippen molar-refractivity contribution in [1.82, 2.24) is 9.97 Å². The summed E-state index contributed by atoms with van der Waals surface area (Å²) in [6.45, 7) is 0. The first kappa shape index (κ1) is 21.8. The van der Waals surface area contributed by atoms with Crippen LogP contribution in [0.4, 0.5) is 17.3 Å². The molecule has 11 heteroatoms. The van der Waals surface area contributed by atoms with Crippen molar-refractivity contribution in [3.05, 3.63) is 82.3 Å². The number of benzene rings is 3. The van der Waals surface area contributed by atoms with Crippen LogP contribution in [0.1, 0.15) is 10.4 Å². The number of rotatable bonds is 6. The van der Waals surface area contributed by atoms with E-state index in [0.29, 0.717) is 16.7 Å². The van der Waals surface area contributed by atoms with Crippen molar-refractivity contribution < 1.29 is 18.3 Å². The molecule has 0 atom stereocenters. The van der Waals surface area contributed by atoms with E-state index in [1.807, 2.05) is 0 Å². The second-order valence-corrected chi connectivity index (χ2v) is 9.08. The number of hydrogen-bond acceptors (Lipinski definition) is 7. The van der Waals surface area contributed by atoms with Gasteiger partial charge in [-0.1, -0.05) is 47.5 Å². The van der Waals surface area contributed by atoms with E-state index >= 15 is 0 Å². The molecular weight excluding hydrogens is 475 g/mol. The summed E-state index contributed by atoms with van der Waals surface area (Å²) in [6.07, 6.45) is 0. The molecule has 0 radical (unpaired) electrons. The van der Waals surface area contributed by atoms with Gasteiger partial charge in [-0.3, -0.25) is 4.72 Å². The van der Waals surface area contributed by atoms with Crippen LogP contribution in [0.25, 0.3) is 11.0 Å². The molecule has 1 aromatic heterocycles. The average molecular weight is 488 g/mol. The van der Waals surface area contributed by atoms with E-state index in [2.05, 4.69) is 20.0 Å². The molecule has 0 amide bonds. The van der Waals surface area contributed by atoms with Gasteiger partial charge >= 0.3 is 0 Å². The number of nitrogens with one attached hydrogen (secondary N) is 2. The number of anilines is 3. The molecule has 0 bridgehead atoms. The topological polar surface area (TPSA) is 124 Å². The molecule has 0 aliphatic rings. The zero-order valence-corrected chi connectivity index (χ0v) is 18.4. The summed E-state index contributed by atoms with van der Waals surface area (Å²) in [7, 11) is -4.18. The minimum absolute atomic E-state index is 0.0215. The van der Waals surface area contributed by atoms with Crippen molar-refractivity contribution in [3.8, 4) is 0 Å². The highest BCUT2D eigenvalue weighted by Crippen LogP contribution is 2.30. The fourth-order valence-electron chi connectivity index (χ4n) is 2.88. The van der Waals surface area contributed by atoms with Crippen LogP contribution in [0.2, 0.25) is 10.0 Å². The molecule has 1 heterocycles. The van der Waals surface area contributed by atoms with Crippen LogP contribution in [0, 0.1) is 0 Å². The molecule has 0 fully saturated rings. The predicted molar refractivity (Wildman–Crippen MR) is 121 cm³/mol. The maximum Gasteiger partial charge on any atom is 0.264 e. The Bertz CT molecular complexity index is 1460. The van der Waals surface area contributed by atoms with Crippen molar-refractivity contribution in [2.24, 2.45) is 0 Å². The van der Waals surface area contributed by atoms with E-state index in [1.54, 1.807) is 30.3 Å². The number of para-hydroxylation sites is 2. The summed E-state index contributed by atoms with van der Waals surface area (Å²) in [5, 5.41) is 14.2. The fourth-order valence-corrected chi connectivity index (χ4v) is 4.66. The third kappa shape index (κ3) is 4.59. The summed E-state index contributed by atoms with van der Waals surface area (Å²) in [5.74, 6) is -1.41. The zero-order chi connectivity index (χ0) is 22.9. The van der Waals surface area contributed by atoms with Gasteiger partial charge in [-0.2, -0.15) is 0 Å². The van der Waals surface area contributed by atoms with Crippen LogP contribution < -0.4 is 15.1 Å². The van der Waals surface area contributed by atoms with Gasteiger partial charge in [-0.15, -0.1) is 0 Å². The minimum atomic E-state index is -4.18. The Kier molecular flexibility index (Phi) is 5.88. The van der Waals surface area contributed by atoms with Crippen molar-refractivity contribution in [2.45, 2.75) is 4.90 Å². The van der Waals surface area contributed by atoms with Gasteiger partial charge in [-0.25, -0.2) is 18.4 Å². The first-order valence-electron chi connectivity index (χ1n) is 9.06. The predicted octanol–water partition coefficient (Wildman–Crippen LogP) is 3.84. The van der Waals surface area contributed by atoms with E-state index in [-0.39, 0.29) is 32.1 Å². The SMILES string of the molecule is O=C([O-])c1cccc(Nc2nc3ccccc3nc2NS(=O)(=O)c2cc(Cl)ccc2Cl)c1. The second-order valence-electron chi connectivity index (χ2n) is 6.58. The van der Waals surface area contributed by atoms with Crippen molar-refractivity contribution in [1.29, 1.82) is 0 Å². The van der Waals surface area contributed by atoms with Gasteiger partial charge in [0, 0.05) is 10.7 Å². The number of fused-ring (bicyclic) bond motifs is 1. The van der Waals surface area contributed by atoms with Crippen LogP contribution in [0.5, 0.6) is 0 Å². The third-order valence-electron chi connectivity index (χ3n) is 4.35. The highest BCUT2D eigenvalue weighted by atomic mass is 35.5. The number of carboxylic acid groups (broad SMARTS) is 1. The van der Waals surface area contributed by atoms with E-state index < -0.39 is 16.0 Å². The molecular formula is C21H13Cl2N4O4S-. The number of halogens is 2. The van der Waals surface area contributed by atoms with E-state index in [9.17, 15) is 18.3 Å². The zero-order valence-electron chi connectivity index (χ0n) is 16.0. The smallest absolute Gasteiger partial charge is 0.264 e. The first-order valence-corrected chi connectivity index (χ1v) is 11.3. The molecule has 0 aliphatic heterocycles. The number of aromatic carboxylic acids is 1. The number of carbonyl (C=O) groups is 1. The highest BCUT2D eigenvalue weighted by molar-refractivity contribution is 7.92. The van der Waals surface area contributed by atoms with Crippen LogP contribution >= 0.6 is 23.2 Å². The summed E-state index contributed by atoms with van der Waals surface area (Å²) >= 11 is 12.0. The molecule has 0 unspecified atom stereocenters. The molecule has 0 saturated heterocycles. The van der Waals surface area contributed by atoms with Gasteiger partial charge in [0.05, 0.1) is 22.0 Å².